The lowest BCUT2D eigenvalue weighted by Gasteiger charge is -1.96. The van der Waals surface area contributed by atoms with Crippen molar-refractivity contribution in [2.24, 2.45) is 5.92 Å². The van der Waals surface area contributed by atoms with E-state index in [1.165, 1.54) is 19.3 Å². The van der Waals surface area contributed by atoms with Crippen molar-refractivity contribution in [3.8, 4) is 0 Å². The van der Waals surface area contributed by atoms with Gasteiger partial charge in [0.2, 0.25) is 0 Å². The molecule has 7 heavy (non-hydrogen) atoms. The Morgan fingerprint density at radius 2 is 2.29 bits per heavy atom. The third kappa shape index (κ3) is 2.52. The Bertz CT molecular complexity index is 55.2. The summed E-state index contributed by atoms with van der Waals surface area (Å²) in [6.45, 7) is 2.29. The first-order valence-corrected chi connectivity index (χ1v) is 4.17. The van der Waals surface area contributed by atoms with E-state index < -0.39 is 0 Å². The second-order valence-corrected chi connectivity index (χ2v) is 4.59. The molecule has 0 nitrogen and oxygen atoms in total. The van der Waals surface area contributed by atoms with Gasteiger partial charge < -0.3 is 0 Å². The SMILES string of the molecule is CC(I)CC1CC1. The van der Waals surface area contributed by atoms with Crippen molar-refractivity contribution in [1.82, 2.24) is 0 Å². The minimum atomic E-state index is 0.907. The summed E-state index contributed by atoms with van der Waals surface area (Å²) in [4.78, 5) is 0. The maximum Gasteiger partial charge on any atom is 0.00839 e. The van der Waals surface area contributed by atoms with Crippen LogP contribution in [0.2, 0.25) is 0 Å². The highest BCUT2D eigenvalue weighted by molar-refractivity contribution is 14.1. The summed E-state index contributed by atoms with van der Waals surface area (Å²) in [5.74, 6) is 1.12. The molecule has 0 aromatic carbocycles. The summed E-state index contributed by atoms with van der Waals surface area (Å²) in [7, 11) is 0. The van der Waals surface area contributed by atoms with Gasteiger partial charge in [-0.1, -0.05) is 42.4 Å². The van der Waals surface area contributed by atoms with Gasteiger partial charge in [0, 0.05) is 3.92 Å². The second-order valence-electron chi connectivity index (χ2n) is 2.46. The largest absolute Gasteiger partial charge is 0.0829 e. The average Bonchev–Trinajstić information content (AvgIpc) is 2.17. The molecule has 0 amide bonds. The van der Waals surface area contributed by atoms with Gasteiger partial charge in [-0.25, -0.2) is 0 Å². The quantitative estimate of drug-likeness (QED) is 0.485. The van der Waals surface area contributed by atoms with Crippen molar-refractivity contribution in [2.75, 3.05) is 0 Å². The molecule has 0 aliphatic heterocycles. The summed E-state index contributed by atoms with van der Waals surface area (Å²) in [6, 6.07) is 0. The Kier molecular flexibility index (Phi) is 1.95. The van der Waals surface area contributed by atoms with Gasteiger partial charge in [0.1, 0.15) is 0 Å². The molecule has 0 aromatic heterocycles. The fourth-order valence-corrected chi connectivity index (χ4v) is 1.53. The van der Waals surface area contributed by atoms with Gasteiger partial charge in [-0.2, -0.15) is 0 Å². The van der Waals surface area contributed by atoms with Crippen LogP contribution in [0.25, 0.3) is 0 Å². The van der Waals surface area contributed by atoms with Crippen molar-refractivity contribution < 1.29 is 0 Å². The summed E-state index contributed by atoms with van der Waals surface area (Å²) in [5.41, 5.74) is 0. The van der Waals surface area contributed by atoms with E-state index in [1.54, 1.807) is 0 Å². The van der Waals surface area contributed by atoms with Gasteiger partial charge in [-0.05, 0) is 12.3 Å². The van der Waals surface area contributed by atoms with E-state index in [2.05, 4.69) is 29.5 Å². The average molecular weight is 210 g/mol. The molecule has 1 saturated carbocycles. The Morgan fingerprint density at radius 3 is 2.43 bits per heavy atom. The van der Waals surface area contributed by atoms with Crippen LogP contribution in [0.15, 0.2) is 0 Å². The van der Waals surface area contributed by atoms with E-state index in [9.17, 15) is 0 Å². The van der Waals surface area contributed by atoms with E-state index in [1.807, 2.05) is 0 Å². The predicted molar refractivity (Wildman–Crippen MR) is 40.8 cm³/mol. The fraction of sp³-hybridized carbons (Fsp3) is 1.00. The van der Waals surface area contributed by atoms with Crippen molar-refractivity contribution in [3.63, 3.8) is 0 Å². The molecule has 0 N–H and O–H groups in total. The molecule has 1 fully saturated rings. The normalized spacial score (nSPS) is 24.9. The molecule has 1 rings (SSSR count). The lowest BCUT2D eigenvalue weighted by molar-refractivity contribution is 0.737. The summed E-state index contributed by atoms with van der Waals surface area (Å²) >= 11 is 2.50. The first-order chi connectivity index (χ1) is 3.29. The molecule has 0 saturated heterocycles. The predicted octanol–water partition coefficient (Wildman–Crippen LogP) is 2.61. The molecule has 42 valence electrons. The van der Waals surface area contributed by atoms with Gasteiger partial charge in [0.15, 0.2) is 0 Å². The highest BCUT2D eigenvalue weighted by Gasteiger charge is 2.21. The van der Waals surface area contributed by atoms with E-state index in [4.69, 9.17) is 0 Å². The summed E-state index contributed by atoms with van der Waals surface area (Å²) in [5, 5.41) is 0. The summed E-state index contributed by atoms with van der Waals surface area (Å²) < 4.78 is 0.907. The molecule has 0 aromatic rings. The van der Waals surface area contributed by atoms with Gasteiger partial charge >= 0.3 is 0 Å². The Labute approximate surface area is 58.8 Å². The van der Waals surface area contributed by atoms with Crippen LogP contribution in [-0.2, 0) is 0 Å². The van der Waals surface area contributed by atoms with Crippen LogP contribution in [-0.4, -0.2) is 3.92 Å². The maximum absolute atomic E-state index is 2.50. The summed E-state index contributed by atoms with van der Waals surface area (Å²) in [6.07, 6.45) is 4.47. The Balaban J connectivity index is 1.97. The van der Waals surface area contributed by atoms with Crippen molar-refractivity contribution in [2.45, 2.75) is 30.1 Å². The van der Waals surface area contributed by atoms with Crippen LogP contribution in [0.4, 0.5) is 0 Å². The molecule has 0 bridgehead atoms. The monoisotopic (exact) mass is 210 g/mol. The zero-order valence-corrected chi connectivity index (χ0v) is 6.81. The van der Waals surface area contributed by atoms with Crippen LogP contribution in [0.1, 0.15) is 26.2 Å². The number of halogens is 1. The number of hydrogen-bond donors (Lipinski definition) is 0. The van der Waals surface area contributed by atoms with Crippen molar-refractivity contribution in [1.29, 1.82) is 0 Å². The third-order valence-corrected chi connectivity index (χ3v) is 1.86. The highest BCUT2D eigenvalue weighted by atomic mass is 127. The maximum atomic E-state index is 2.50. The highest BCUT2D eigenvalue weighted by Crippen LogP contribution is 2.34. The van der Waals surface area contributed by atoms with Crippen LogP contribution in [0.3, 0.4) is 0 Å². The molecule has 1 aliphatic carbocycles. The Morgan fingerprint density at radius 1 is 1.71 bits per heavy atom. The molecule has 0 spiro atoms. The van der Waals surface area contributed by atoms with Crippen molar-refractivity contribution >= 4 is 22.6 Å². The molecule has 1 aliphatic rings. The van der Waals surface area contributed by atoms with Crippen LogP contribution in [0, 0.1) is 5.92 Å². The number of alkyl halides is 1. The molecule has 1 unspecified atom stereocenters. The van der Waals surface area contributed by atoms with Crippen molar-refractivity contribution in [3.05, 3.63) is 0 Å². The second kappa shape index (κ2) is 2.33. The van der Waals surface area contributed by atoms with E-state index in [-0.39, 0.29) is 0 Å². The molecule has 1 atom stereocenters. The molecule has 1 heteroatoms. The van der Waals surface area contributed by atoms with Crippen LogP contribution < -0.4 is 0 Å². The van der Waals surface area contributed by atoms with Gasteiger partial charge in [0.05, 0.1) is 0 Å². The van der Waals surface area contributed by atoms with E-state index in [0.29, 0.717) is 0 Å². The zero-order valence-electron chi connectivity index (χ0n) is 4.65. The Hall–Kier alpha value is 0.730. The van der Waals surface area contributed by atoms with E-state index >= 15 is 0 Å². The first-order valence-electron chi connectivity index (χ1n) is 2.93. The van der Waals surface area contributed by atoms with Crippen LogP contribution >= 0.6 is 22.6 Å². The van der Waals surface area contributed by atoms with Gasteiger partial charge in [0.25, 0.3) is 0 Å². The minimum Gasteiger partial charge on any atom is -0.0829 e. The molecular weight excluding hydrogens is 199 g/mol. The van der Waals surface area contributed by atoms with Crippen LogP contribution in [0.5, 0.6) is 0 Å². The standard InChI is InChI=1S/C6H11I/c1-5(7)4-6-2-3-6/h5-6H,2-4H2,1H3. The zero-order chi connectivity index (χ0) is 5.28. The molecule has 0 radical (unpaired) electrons. The number of hydrogen-bond acceptors (Lipinski definition) is 0. The first kappa shape index (κ1) is 5.86. The van der Waals surface area contributed by atoms with E-state index in [0.717, 1.165) is 9.84 Å². The third-order valence-electron chi connectivity index (χ3n) is 1.36. The van der Waals surface area contributed by atoms with Gasteiger partial charge in [-0.3, -0.25) is 0 Å². The fourth-order valence-electron chi connectivity index (χ4n) is 0.813. The number of rotatable bonds is 2. The molecule has 0 heterocycles. The topological polar surface area (TPSA) is 0 Å². The lowest BCUT2D eigenvalue weighted by Crippen LogP contribution is -1.88. The lowest BCUT2D eigenvalue weighted by atomic mass is 10.2. The smallest absolute Gasteiger partial charge is 0.00839 e. The minimum absolute atomic E-state index is 0.907. The molecular formula is C6H11I. The van der Waals surface area contributed by atoms with Gasteiger partial charge in [-0.15, -0.1) is 0 Å².